The monoisotopic (exact) mass is 350 g/mol. The molecule has 2 nitrogen and oxygen atoms in total. The van der Waals surface area contributed by atoms with Crippen LogP contribution in [0.25, 0.3) is 0 Å². The maximum atomic E-state index is 4.42. The second kappa shape index (κ2) is 9.30. The SMILES string of the molecule is CCCC1CCC(c2cnc(CC)nc2)CC1.CCCc1cc2ccc1=2. The molecule has 4 rings (SSSR count). The minimum atomic E-state index is 0.717. The van der Waals surface area contributed by atoms with Crippen LogP contribution in [0.15, 0.2) is 30.6 Å². The van der Waals surface area contributed by atoms with Gasteiger partial charge in [0.25, 0.3) is 0 Å². The van der Waals surface area contributed by atoms with Crippen LogP contribution in [0.5, 0.6) is 0 Å². The average Bonchev–Trinajstić information content (AvgIpc) is 2.67. The highest BCUT2D eigenvalue weighted by Crippen LogP contribution is 2.36. The number of benzene rings is 1. The van der Waals surface area contributed by atoms with Crippen molar-refractivity contribution in [1.82, 2.24) is 9.97 Å². The predicted molar refractivity (Wildman–Crippen MR) is 109 cm³/mol. The molecule has 1 aromatic heterocycles. The third-order valence-corrected chi connectivity index (χ3v) is 5.99. The summed E-state index contributed by atoms with van der Waals surface area (Å²) >= 11 is 0. The minimum absolute atomic E-state index is 0.717. The lowest BCUT2D eigenvalue weighted by Crippen LogP contribution is -2.13. The van der Waals surface area contributed by atoms with Crippen molar-refractivity contribution < 1.29 is 0 Å². The lowest BCUT2D eigenvalue weighted by atomic mass is 9.78. The van der Waals surface area contributed by atoms with Crippen LogP contribution < -0.4 is 0 Å². The summed E-state index contributed by atoms with van der Waals surface area (Å²) in [6.45, 7) is 6.62. The van der Waals surface area contributed by atoms with Crippen molar-refractivity contribution in [1.29, 1.82) is 0 Å². The molecule has 0 aromatic carbocycles. The van der Waals surface area contributed by atoms with E-state index in [0.29, 0.717) is 5.92 Å². The van der Waals surface area contributed by atoms with Crippen LogP contribution in [0.4, 0.5) is 0 Å². The first-order valence-corrected chi connectivity index (χ1v) is 10.7. The molecule has 0 radical (unpaired) electrons. The van der Waals surface area contributed by atoms with Gasteiger partial charge in [0, 0.05) is 18.8 Å². The Morgan fingerprint density at radius 2 is 1.65 bits per heavy atom. The van der Waals surface area contributed by atoms with Crippen LogP contribution in [0.1, 0.15) is 88.6 Å². The topological polar surface area (TPSA) is 25.8 Å². The quantitative estimate of drug-likeness (QED) is 0.517. The average molecular weight is 351 g/mol. The van der Waals surface area contributed by atoms with Crippen molar-refractivity contribution in [3.05, 3.63) is 58.0 Å². The third-order valence-electron chi connectivity index (χ3n) is 5.99. The number of nitrogens with zero attached hydrogens (tertiary/aromatic N) is 2. The van der Waals surface area contributed by atoms with E-state index in [1.54, 1.807) is 5.56 Å². The molecule has 2 heteroatoms. The van der Waals surface area contributed by atoms with Crippen molar-refractivity contribution in [3.63, 3.8) is 0 Å². The maximum absolute atomic E-state index is 4.42. The summed E-state index contributed by atoms with van der Waals surface area (Å²) in [6.07, 6.45) is 15.8. The van der Waals surface area contributed by atoms with Crippen LogP contribution >= 0.6 is 0 Å². The van der Waals surface area contributed by atoms with E-state index in [9.17, 15) is 0 Å². The Balaban J connectivity index is 0.000000181. The van der Waals surface area contributed by atoms with Gasteiger partial charge < -0.3 is 0 Å². The molecule has 0 aliphatic heterocycles. The first-order valence-electron chi connectivity index (χ1n) is 10.7. The van der Waals surface area contributed by atoms with Crippen LogP contribution in [0.2, 0.25) is 0 Å². The summed E-state index contributed by atoms with van der Waals surface area (Å²) in [4.78, 5) is 8.83. The maximum Gasteiger partial charge on any atom is 0.127 e. The number of aromatic nitrogens is 2. The highest BCUT2D eigenvalue weighted by Gasteiger charge is 2.22. The first-order chi connectivity index (χ1) is 12.7. The molecule has 140 valence electrons. The molecule has 0 bridgehead atoms. The van der Waals surface area contributed by atoms with Gasteiger partial charge in [-0.15, -0.1) is 0 Å². The highest BCUT2D eigenvalue weighted by atomic mass is 14.9. The Hall–Kier alpha value is -1.70. The van der Waals surface area contributed by atoms with E-state index in [1.807, 2.05) is 0 Å². The zero-order valence-corrected chi connectivity index (χ0v) is 16.8. The van der Waals surface area contributed by atoms with Crippen LogP contribution in [0.3, 0.4) is 0 Å². The number of hydrogen-bond donors (Lipinski definition) is 0. The van der Waals surface area contributed by atoms with Gasteiger partial charge in [-0.2, -0.15) is 0 Å². The zero-order chi connectivity index (χ0) is 18.4. The fourth-order valence-electron chi connectivity index (χ4n) is 4.30. The van der Waals surface area contributed by atoms with E-state index in [2.05, 4.69) is 61.3 Å². The van der Waals surface area contributed by atoms with Gasteiger partial charge in [0.1, 0.15) is 5.82 Å². The molecule has 26 heavy (non-hydrogen) atoms. The van der Waals surface area contributed by atoms with Gasteiger partial charge in [0.15, 0.2) is 0 Å². The molecule has 0 saturated heterocycles. The highest BCUT2D eigenvalue weighted by molar-refractivity contribution is 5.33. The molecular formula is C24H34N2. The van der Waals surface area contributed by atoms with Crippen molar-refractivity contribution in [2.75, 3.05) is 0 Å². The van der Waals surface area contributed by atoms with Gasteiger partial charge in [0.2, 0.25) is 0 Å². The lowest BCUT2D eigenvalue weighted by molar-refractivity contribution is 0.307. The van der Waals surface area contributed by atoms with Gasteiger partial charge in [-0.05, 0) is 65.5 Å². The Labute approximate surface area is 158 Å². The second-order valence-corrected chi connectivity index (χ2v) is 7.91. The third kappa shape index (κ3) is 4.52. The minimum Gasteiger partial charge on any atom is -0.241 e. The molecule has 0 unspecified atom stereocenters. The Kier molecular flexibility index (Phi) is 6.82. The van der Waals surface area contributed by atoms with Gasteiger partial charge in [-0.1, -0.05) is 58.2 Å². The van der Waals surface area contributed by atoms with E-state index >= 15 is 0 Å². The van der Waals surface area contributed by atoms with Crippen molar-refractivity contribution in [2.24, 2.45) is 5.92 Å². The van der Waals surface area contributed by atoms with Crippen LogP contribution in [-0.2, 0) is 12.8 Å². The molecule has 0 atom stereocenters. The second-order valence-electron chi connectivity index (χ2n) is 7.91. The molecule has 1 saturated carbocycles. The van der Waals surface area contributed by atoms with Crippen molar-refractivity contribution in [3.8, 4) is 0 Å². The zero-order valence-electron chi connectivity index (χ0n) is 16.8. The fourth-order valence-corrected chi connectivity index (χ4v) is 4.30. The molecule has 0 spiro atoms. The van der Waals surface area contributed by atoms with E-state index in [0.717, 1.165) is 18.2 Å². The summed E-state index contributed by atoms with van der Waals surface area (Å²) in [5.74, 6) is 2.66. The summed E-state index contributed by atoms with van der Waals surface area (Å²) < 4.78 is 0. The molecule has 1 heterocycles. The standard InChI is InChI=1S/C15H24N2.C9H10/c1-3-5-12-6-8-13(9-7-12)14-10-16-15(4-2)17-11-14;1-2-3-7-6-8-4-5-9(7)8/h10-13H,3-9H2,1-2H3;4-6H,2-3H2,1H3. The van der Waals surface area contributed by atoms with Gasteiger partial charge >= 0.3 is 0 Å². The summed E-state index contributed by atoms with van der Waals surface area (Å²) in [6, 6.07) is 6.67. The smallest absolute Gasteiger partial charge is 0.127 e. The first kappa shape index (κ1) is 19.1. The summed E-state index contributed by atoms with van der Waals surface area (Å²) in [5.41, 5.74) is 2.92. The van der Waals surface area contributed by atoms with Gasteiger partial charge in [-0.3, -0.25) is 0 Å². The molecule has 0 amide bonds. The Morgan fingerprint density at radius 3 is 2.12 bits per heavy atom. The Morgan fingerprint density at radius 1 is 0.923 bits per heavy atom. The molecule has 3 aliphatic carbocycles. The molecule has 1 fully saturated rings. The normalized spacial score (nSPS) is 20.3. The van der Waals surface area contributed by atoms with Crippen molar-refractivity contribution >= 4 is 0 Å². The molecule has 3 aliphatic rings. The number of aryl methyl sites for hydroxylation is 2. The molecule has 1 aromatic rings. The molecule has 0 N–H and O–H groups in total. The lowest BCUT2D eigenvalue weighted by Gasteiger charge is -2.28. The predicted octanol–water partition coefficient (Wildman–Crippen LogP) is 6.35. The van der Waals surface area contributed by atoms with Gasteiger partial charge in [-0.25, -0.2) is 9.97 Å². The van der Waals surface area contributed by atoms with E-state index in [4.69, 9.17) is 0 Å². The van der Waals surface area contributed by atoms with Crippen molar-refractivity contribution in [2.45, 2.75) is 84.5 Å². The fraction of sp³-hybridized carbons (Fsp3) is 0.583. The van der Waals surface area contributed by atoms with Crippen LogP contribution in [-0.4, -0.2) is 9.97 Å². The van der Waals surface area contributed by atoms with E-state index < -0.39 is 0 Å². The van der Waals surface area contributed by atoms with Crippen LogP contribution in [0, 0.1) is 16.4 Å². The summed E-state index contributed by atoms with van der Waals surface area (Å²) in [7, 11) is 0. The largest absolute Gasteiger partial charge is 0.241 e. The number of hydrogen-bond acceptors (Lipinski definition) is 2. The summed E-state index contributed by atoms with van der Waals surface area (Å²) in [5, 5.41) is 3.00. The number of rotatable bonds is 6. The molecular weight excluding hydrogens is 316 g/mol. The van der Waals surface area contributed by atoms with E-state index in [1.165, 1.54) is 67.4 Å². The van der Waals surface area contributed by atoms with E-state index in [-0.39, 0.29) is 0 Å². The Bertz CT molecular complexity index is 771. The van der Waals surface area contributed by atoms with Gasteiger partial charge in [0.05, 0.1) is 0 Å².